The smallest absolute Gasteiger partial charge is 0.234 e. The van der Waals surface area contributed by atoms with Gasteiger partial charge in [0, 0.05) is 24.7 Å². The van der Waals surface area contributed by atoms with Crippen LogP contribution >= 0.6 is 11.8 Å². The van der Waals surface area contributed by atoms with E-state index in [4.69, 9.17) is 0 Å². The predicted octanol–water partition coefficient (Wildman–Crippen LogP) is 2.06. The number of thioether (sulfide) groups is 1. The number of nitrogens with one attached hydrogen (secondary N) is 3. The van der Waals surface area contributed by atoms with Gasteiger partial charge in [0.05, 0.1) is 5.75 Å². The van der Waals surface area contributed by atoms with Crippen molar-refractivity contribution in [2.75, 3.05) is 16.4 Å². The van der Waals surface area contributed by atoms with Crippen molar-refractivity contribution in [3.05, 3.63) is 30.1 Å². The lowest BCUT2D eigenvalue weighted by Crippen LogP contribution is -2.14. The Kier molecular flexibility index (Phi) is 5.54. The fraction of sp³-hybridized carbons (Fsp3) is 0.286. The number of aromatic nitrogens is 3. The van der Waals surface area contributed by atoms with E-state index in [1.807, 2.05) is 6.92 Å². The molecule has 2 aromatic rings. The fourth-order valence-corrected chi connectivity index (χ4v) is 2.32. The fourth-order valence-electron chi connectivity index (χ4n) is 1.71. The van der Waals surface area contributed by atoms with Crippen LogP contribution in [0.3, 0.4) is 0 Å². The summed E-state index contributed by atoms with van der Waals surface area (Å²) in [5, 5.41) is 12.8. The van der Waals surface area contributed by atoms with Crippen molar-refractivity contribution in [3.8, 4) is 0 Å². The molecular weight excluding hydrogens is 302 g/mol. The zero-order valence-corrected chi connectivity index (χ0v) is 13.2. The van der Waals surface area contributed by atoms with Crippen LogP contribution in [0.15, 0.2) is 29.4 Å². The summed E-state index contributed by atoms with van der Waals surface area (Å²) in [6, 6.07) is 6.98. The third kappa shape index (κ3) is 4.88. The summed E-state index contributed by atoms with van der Waals surface area (Å²) in [6.07, 6.45) is 0.774. The molecule has 7 nitrogen and oxygen atoms in total. The minimum atomic E-state index is -0.159. The van der Waals surface area contributed by atoms with E-state index >= 15 is 0 Å². The van der Waals surface area contributed by atoms with Crippen molar-refractivity contribution in [3.63, 3.8) is 0 Å². The molecule has 1 aromatic heterocycles. The highest BCUT2D eigenvalue weighted by atomic mass is 32.2. The SMILES string of the molecule is CCc1nc(SCC(=O)Nc2cccc(NC(C)=O)c2)n[nH]1. The molecule has 2 rings (SSSR count). The van der Waals surface area contributed by atoms with Gasteiger partial charge in [-0.05, 0) is 18.2 Å². The first-order chi connectivity index (χ1) is 10.6. The molecule has 22 heavy (non-hydrogen) atoms. The summed E-state index contributed by atoms with van der Waals surface area (Å²) >= 11 is 1.26. The maximum absolute atomic E-state index is 11.9. The summed E-state index contributed by atoms with van der Waals surface area (Å²) in [6.45, 7) is 3.41. The monoisotopic (exact) mass is 319 g/mol. The lowest BCUT2D eigenvalue weighted by molar-refractivity contribution is -0.114. The first kappa shape index (κ1) is 16.0. The Bertz CT molecular complexity index is 671. The van der Waals surface area contributed by atoms with E-state index in [9.17, 15) is 9.59 Å². The second-order valence-corrected chi connectivity index (χ2v) is 5.46. The van der Waals surface area contributed by atoms with E-state index in [0.717, 1.165) is 12.2 Å². The van der Waals surface area contributed by atoms with Crippen LogP contribution in [-0.2, 0) is 16.0 Å². The Balaban J connectivity index is 1.87. The van der Waals surface area contributed by atoms with Crippen molar-refractivity contribution in [1.82, 2.24) is 15.2 Å². The summed E-state index contributed by atoms with van der Waals surface area (Å²) in [7, 11) is 0. The Morgan fingerprint density at radius 1 is 1.27 bits per heavy atom. The van der Waals surface area contributed by atoms with Gasteiger partial charge in [0.25, 0.3) is 0 Å². The van der Waals surface area contributed by atoms with Crippen LogP contribution in [-0.4, -0.2) is 32.7 Å². The van der Waals surface area contributed by atoms with Gasteiger partial charge >= 0.3 is 0 Å². The van der Waals surface area contributed by atoms with E-state index in [1.165, 1.54) is 18.7 Å². The Morgan fingerprint density at radius 3 is 2.64 bits per heavy atom. The molecule has 2 amide bonds. The molecule has 116 valence electrons. The van der Waals surface area contributed by atoms with Crippen LogP contribution in [0.1, 0.15) is 19.7 Å². The number of H-pyrrole nitrogens is 1. The molecule has 3 N–H and O–H groups in total. The van der Waals surface area contributed by atoms with Gasteiger partial charge in [-0.1, -0.05) is 24.8 Å². The molecule has 0 saturated heterocycles. The van der Waals surface area contributed by atoms with Gasteiger partial charge in [0.1, 0.15) is 5.82 Å². The molecule has 0 bridgehead atoms. The van der Waals surface area contributed by atoms with Gasteiger partial charge in [0.2, 0.25) is 17.0 Å². The number of hydrogen-bond acceptors (Lipinski definition) is 5. The summed E-state index contributed by atoms with van der Waals surface area (Å²) < 4.78 is 0. The first-order valence-electron chi connectivity index (χ1n) is 6.78. The van der Waals surface area contributed by atoms with Crippen molar-refractivity contribution in [1.29, 1.82) is 0 Å². The van der Waals surface area contributed by atoms with Crippen molar-refractivity contribution < 1.29 is 9.59 Å². The van der Waals surface area contributed by atoms with Crippen LogP contribution in [0.25, 0.3) is 0 Å². The Hall–Kier alpha value is -2.35. The molecule has 0 saturated carbocycles. The van der Waals surface area contributed by atoms with Crippen molar-refractivity contribution >= 4 is 35.0 Å². The normalized spacial score (nSPS) is 10.3. The van der Waals surface area contributed by atoms with Crippen LogP contribution < -0.4 is 10.6 Å². The molecule has 0 unspecified atom stereocenters. The van der Waals surface area contributed by atoms with Crippen LogP contribution in [0, 0.1) is 0 Å². The molecule has 0 fully saturated rings. The largest absolute Gasteiger partial charge is 0.326 e. The summed E-state index contributed by atoms with van der Waals surface area (Å²) in [5.41, 5.74) is 1.26. The molecule has 0 spiro atoms. The van der Waals surface area contributed by atoms with Crippen molar-refractivity contribution in [2.45, 2.75) is 25.4 Å². The number of amides is 2. The lowest BCUT2D eigenvalue weighted by atomic mass is 10.2. The topological polar surface area (TPSA) is 99.8 Å². The maximum Gasteiger partial charge on any atom is 0.234 e. The van der Waals surface area contributed by atoms with E-state index in [-0.39, 0.29) is 17.6 Å². The molecule has 0 aliphatic rings. The maximum atomic E-state index is 11.9. The van der Waals surface area contributed by atoms with E-state index in [1.54, 1.807) is 24.3 Å². The molecule has 1 heterocycles. The van der Waals surface area contributed by atoms with E-state index in [0.29, 0.717) is 16.5 Å². The van der Waals surface area contributed by atoms with Gasteiger partial charge in [-0.3, -0.25) is 14.7 Å². The minimum Gasteiger partial charge on any atom is -0.326 e. The number of rotatable bonds is 6. The third-order valence-corrected chi connectivity index (χ3v) is 3.49. The second-order valence-electron chi connectivity index (χ2n) is 4.52. The Labute approximate surface area is 132 Å². The van der Waals surface area contributed by atoms with Crippen LogP contribution in [0.4, 0.5) is 11.4 Å². The molecule has 0 aliphatic heterocycles. The third-order valence-electron chi connectivity index (χ3n) is 2.65. The van der Waals surface area contributed by atoms with Gasteiger partial charge in [0.15, 0.2) is 0 Å². The average Bonchev–Trinajstić information content (AvgIpc) is 2.93. The number of aryl methyl sites for hydroxylation is 1. The minimum absolute atomic E-state index is 0.157. The quantitative estimate of drug-likeness (QED) is 0.708. The number of aromatic amines is 1. The van der Waals surface area contributed by atoms with Gasteiger partial charge < -0.3 is 10.6 Å². The summed E-state index contributed by atoms with van der Waals surface area (Å²) in [5.74, 6) is 0.694. The van der Waals surface area contributed by atoms with Gasteiger partial charge in [-0.15, -0.1) is 5.10 Å². The summed E-state index contributed by atoms with van der Waals surface area (Å²) in [4.78, 5) is 27.1. The highest BCUT2D eigenvalue weighted by Gasteiger charge is 2.08. The number of anilines is 2. The van der Waals surface area contributed by atoms with Crippen molar-refractivity contribution in [2.24, 2.45) is 0 Å². The lowest BCUT2D eigenvalue weighted by Gasteiger charge is -2.07. The molecule has 1 aromatic carbocycles. The van der Waals surface area contributed by atoms with Gasteiger partial charge in [-0.25, -0.2) is 4.98 Å². The molecule has 0 aliphatic carbocycles. The number of benzene rings is 1. The molecule has 8 heteroatoms. The highest BCUT2D eigenvalue weighted by Crippen LogP contribution is 2.17. The van der Waals surface area contributed by atoms with Gasteiger partial charge in [-0.2, -0.15) is 0 Å². The van der Waals surface area contributed by atoms with Crippen LogP contribution in [0.5, 0.6) is 0 Å². The molecule has 0 radical (unpaired) electrons. The molecule has 0 atom stereocenters. The average molecular weight is 319 g/mol. The zero-order valence-electron chi connectivity index (χ0n) is 12.3. The zero-order chi connectivity index (χ0) is 15.9. The second kappa shape index (κ2) is 7.60. The predicted molar refractivity (Wildman–Crippen MR) is 85.9 cm³/mol. The number of carbonyl (C=O) groups excluding carboxylic acids is 2. The molecular formula is C14H17N5O2S. The first-order valence-corrected chi connectivity index (χ1v) is 7.77. The standard InChI is InChI=1S/C14H17N5O2S/c1-3-12-17-14(19-18-12)22-8-13(21)16-11-6-4-5-10(7-11)15-9(2)20/h4-7H,3,8H2,1-2H3,(H,15,20)(H,16,21)(H,17,18,19). The highest BCUT2D eigenvalue weighted by molar-refractivity contribution is 7.99. The van der Waals surface area contributed by atoms with E-state index < -0.39 is 0 Å². The number of carbonyl (C=O) groups is 2. The van der Waals surface area contributed by atoms with E-state index in [2.05, 4.69) is 25.8 Å². The number of nitrogens with zero attached hydrogens (tertiary/aromatic N) is 2. The van der Waals surface area contributed by atoms with Crippen LogP contribution in [0.2, 0.25) is 0 Å². The Morgan fingerprint density at radius 2 is 2.00 bits per heavy atom. The number of hydrogen-bond donors (Lipinski definition) is 3.